The normalized spacial score (nSPS) is 22.9. The number of benzene rings is 1. The minimum Gasteiger partial charge on any atom is -0.336 e. The molecule has 1 atom stereocenters. The molecule has 2 aliphatic heterocycles. The largest absolute Gasteiger partial charge is 0.336 e. The standard InChI is InChI=1S/C16H19FN6O3S/c17-12-1-2-15(23-11-18-19-20-23)14(9-12)16(24)22-6-4-21(5-7-22)13-3-8-27(25,26)10-13/h1-2,9,11,13H,3-8,10H2. The van der Waals surface area contributed by atoms with Gasteiger partial charge in [-0.1, -0.05) is 0 Å². The summed E-state index contributed by atoms with van der Waals surface area (Å²) in [6.45, 7) is 2.12. The molecule has 11 heteroatoms. The lowest BCUT2D eigenvalue weighted by atomic mass is 10.1. The Hall–Kier alpha value is -2.40. The summed E-state index contributed by atoms with van der Waals surface area (Å²) in [4.78, 5) is 16.7. The molecule has 1 aromatic heterocycles. The van der Waals surface area contributed by atoms with Gasteiger partial charge in [-0.2, -0.15) is 4.68 Å². The maximum Gasteiger partial charge on any atom is 0.256 e. The SMILES string of the molecule is O=C(c1cc(F)ccc1-n1cnnn1)N1CCN(C2CCS(=O)(=O)C2)CC1. The van der Waals surface area contributed by atoms with Crippen LogP contribution in [-0.2, 0) is 9.84 Å². The van der Waals surface area contributed by atoms with Crippen molar-refractivity contribution in [2.24, 2.45) is 0 Å². The van der Waals surface area contributed by atoms with Crippen molar-refractivity contribution in [3.63, 3.8) is 0 Å². The number of hydrogen-bond acceptors (Lipinski definition) is 7. The number of carbonyl (C=O) groups is 1. The summed E-state index contributed by atoms with van der Waals surface area (Å²) in [5.74, 6) is -0.382. The topological polar surface area (TPSA) is 101 Å². The molecule has 0 radical (unpaired) electrons. The molecule has 0 spiro atoms. The first-order chi connectivity index (χ1) is 12.9. The van der Waals surface area contributed by atoms with Crippen molar-refractivity contribution in [1.29, 1.82) is 0 Å². The molecule has 2 aliphatic rings. The predicted octanol–water partition coefficient (Wildman–Crippen LogP) is -0.254. The third-order valence-electron chi connectivity index (χ3n) is 5.11. The lowest BCUT2D eigenvalue weighted by molar-refractivity contribution is 0.0587. The lowest BCUT2D eigenvalue weighted by Gasteiger charge is -2.37. The molecule has 2 saturated heterocycles. The summed E-state index contributed by atoms with van der Waals surface area (Å²) >= 11 is 0. The Morgan fingerprint density at radius 3 is 2.59 bits per heavy atom. The fourth-order valence-electron chi connectivity index (χ4n) is 3.67. The van der Waals surface area contributed by atoms with E-state index in [0.29, 0.717) is 38.3 Å². The van der Waals surface area contributed by atoms with Crippen molar-refractivity contribution in [2.75, 3.05) is 37.7 Å². The average molecular weight is 394 g/mol. The zero-order chi connectivity index (χ0) is 19.0. The van der Waals surface area contributed by atoms with E-state index >= 15 is 0 Å². The van der Waals surface area contributed by atoms with Gasteiger partial charge >= 0.3 is 0 Å². The van der Waals surface area contributed by atoms with Crippen LogP contribution in [-0.4, -0.2) is 88.1 Å². The van der Waals surface area contributed by atoms with Gasteiger partial charge in [0, 0.05) is 32.2 Å². The van der Waals surface area contributed by atoms with Crippen LogP contribution in [0.2, 0.25) is 0 Å². The third kappa shape index (κ3) is 3.69. The Morgan fingerprint density at radius 1 is 1.19 bits per heavy atom. The van der Waals surface area contributed by atoms with Crippen molar-refractivity contribution < 1.29 is 17.6 Å². The summed E-state index contributed by atoms with van der Waals surface area (Å²) in [5.41, 5.74) is 0.606. The molecule has 2 aromatic rings. The minimum absolute atomic E-state index is 0.0261. The fraction of sp³-hybridized carbons (Fsp3) is 0.500. The second-order valence-corrected chi connectivity index (χ2v) is 9.03. The van der Waals surface area contributed by atoms with Gasteiger partial charge in [-0.05, 0) is 35.0 Å². The lowest BCUT2D eigenvalue weighted by Crippen LogP contribution is -2.52. The highest BCUT2D eigenvalue weighted by atomic mass is 32.2. The Morgan fingerprint density at radius 2 is 1.96 bits per heavy atom. The van der Waals surface area contributed by atoms with Gasteiger partial charge in [0.1, 0.15) is 12.1 Å². The van der Waals surface area contributed by atoms with E-state index in [1.54, 1.807) is 4.90 Å². The highest BCUT2D eigenvalue weighted by Gasteiger charge is 2.34. The van der Waals surface area contributed by atoms with Crippen molar-refractivity contribution in [1.82, 2.24) is 30.0 Å². The van der Waals surface area contributed by atoms with Crippen molar-refractivity contribution in [3.05, 3.63) is 35.9 Å². The number of tetrazole rings is 1. The van der Waals surface area contributed by atoms with Crippen LogP contribution in [0.5, 0.6) is 0 Å². The van der Waals surface area contributed by atoms with Crippen LogP contribution in [0.4, 0.5) is 4.39 Å². The average Bonchev–Trinajstić information content (AvgIpc) is 3.31. The van der Waals surface area contributed by atoms with Crippen molar-refractivity contribution >= 4 is 15.7 Å². The maximum atomic E-state index is 13.8. The first-order valence-electron chi connectivity index (χ1n) is 8.70. The number of hydrogen-bond donors (Lipinski definition) is 0. The Kier molecular flexibility index (Phi) is 4.64. The smallest absolute Gasteiger partial charge is 0.256 e. The molecule has 2 fully saturated rings. The van der Waals surface area contributed by atoms with Gasteiger partial charge in [0.25, 0.3) is 5.91 Å². The fourth-order valence-corrected chi connectivity index (χ4v) is 5.44. The second-order valence-electron chi connectivity index (χ2n) is 6.80. The Balaban J connectivity index is 1.48. The molecule has 0 bridgehead atoms. The highest BCUT2D eigenvalue weighted by Crippen LogP contribution is 2.22. The monoisotopic (exact) mass is 394 g/mol. The number of nitrogens with zero attached hydrogens (tertiary/aromatic N) is 6. The van der Waals surface area contributed by atoms with E-state index in [1.165, 1.54) is 29.2 Å². The maximum absolute atomic E-state index is 13.8. The molecule has 0 N–H and O–H groups in total. The van der Waals surface area contributed by atoms with E-state index in [9.17, 15) is 17.6 Å². The molecule has 4 rings (SSSR count). The van der Waals surface area contributed by atoms with Crippen LogP contribution >= 0.6 is 0 Å². The first-order valence-corrected chi connectivity index (χ1v) is 10.5. The van der Waals surface area contributed by atoms with Gasteiger partial charge < -0.3 is 4.90 Å². The second kappa shape index (κ2) is 6.97. The van der Waals surface area contributed by atoms with Crippen molar-refractivity contribution in [2.45, 2.75) is 12.5 Å². The summed E-state index contributed by atoms with van der Waals surface area (Å²) in [7, 11) is -2.94. The summed E-state index contributed by atoms with van der Waals surface area (Å²) < 4.78 is 38.4. The van der Waals surface area contributed by atoms with Crippen LogP contribution in [0.15, 0.2) is 24.5 Å². The number of halogens is 1. The van der Waals surface area contributed by atoms with E-state index < -0.39 is 15.7 Å². The number of amides is 1. The molecule has 9 nitrogen and oxygen atoms in total. The highest BCUT2D eigenvalue weighted by molar-refractivity contribution is 7.91. The Bertz CT molecular complexity index is 941. The van der Waals surface area contributed by atoms with Crippen LogP contribution in [0, 0.1) is 5.82 Å². The number of rotatable bonds is 3. The molecule has 1 aromatic carbocycles. The molecular weight excluding hydrogens is 375 g/mol. The number of sulfone groups is 1. The molecule has 144 valence electrons. The number of aromatic nitrogens is 4. The van der Waals surface area contributed by atoms with E-state index in [1.807, 2.05) is 0 Å². The molecule has 0 aliphatic carbocycles. The van der Waals surface area contributed by atoms with E-state index in [-0.39, 0.29) is 29.0 Å². The molecule has 27 heavy (non-hydrogen) atoms. The zero-order valence-electron chi connectivity index (χ0n) is 14.5. The van der Waals surface area contributed by atoms with E-state index in [0.717, 1.165) is 0 Å². The molecule has 3 heterocycles. The van der Waals surface area contributed by atoms with E-state index in [2.05, 4.69) is 20.4 Å². The summed E-state index contributed by atoms with van der Waals surface area (Å²) in [6.07, 6.45) is 1.99. The summed E-state index contributed by atoms with van der Waals surface area (Å²) in [5, 5.41) is 10.9. The molecule has 1 amide bonds. The zero-order valence-corrected chi connectivity index (χ0v) is 15.3. The molecule has 0 saturated carbocycles. The minimum atomic E-state index is -2.94. The van der Waals surface area contributed by atoms with Gasteiger partial charge in [0.05, 0.1) is 22.8 Å². The van der Waals surface area contributed by atoms with Gasteiger partial charge in [-0.3, -0.25) is 9.69 Å². The molecule has 1 unspecified atom stereocenters. The molecular formula is C16H19FN6O3S. The quantitative estimate of drug-likeness (QED) is 0.707. The number of carbonyl (C=O) groups excluding carboxylic acids is 1. The van der Waals surface area contributed by atoms with Gasteiger partial charge in [0.15, 0.2) is 9.84 Å². The van der Waals surface area contributed by atoms with Gasteiger partial charge in [-0.25, -0.2) is 12.8 Å². The third-order valence-corrected chi connectivity index (χ3v) is 6.86. The van der Waals surface area contributed by atoms with Gasteiger partial charge in [0.2, 0.25) is 0 Å². The Labute approximate surface area is 155 Å². The first kappa shape index (κ1) is 18.0. The van der Waals surface area contributed by atoms with E-state index in [4.69, 9.17) is 0 Å². The van der Waals surface area contributed by atoms with Crippen LogP contribution in [0.25, 0.3) is 5.69 Å². The van der Waals surface area contributed by atoms with Crippen LogP contribution in [0.1, 0.15) is 16.8 Å². The number of piperazine rings is 1. The summed E-state index contributed by atoms with van der Waals surface area (Å²) in [6, 6.07) is 3.94. The van der Waals surface area contributed by atoms with Crippen LogP contribution < -0.4 is 0 Å². The van der Waals surface area contributed by atoms with Crippen molar-refractivity contribution in [3.8, 4) is 5.69 Å². The van der Waals surface area contributed by atoms with Crippen LogP contribution in [0.3, 0.4) is 0 Å². The predicted molar refractivity (Wildman–Crippen MR) is 93.6 cm³/mol. The van der Waals surface area contributed by atoms with Gasteiger partial charge in [-0.15, -0.1) is 5.10 Å².